The van der Waals surface area contributed by atoms with Crippen molar-refractivity contribution in [3.05, 3.63) is 41.4 Å². The van der Waals surface area contributed by atoms with Crippen LogP contribution in [0.15, 0.2) is 36.5 Å². The molecule has 0 spiro atoms. The normalized spacial score (nSPS) is 17.5. The first kappa shape index (κ1) is 25.2. The molecular formula is C28H34N6O3S. The van der Waals surface area contributed by atoms with E-state index in [0.29, 0.717) is 13.2 Å². The number of H-pyrrole nitrogens is 1. The molecule has 0 aliphatic carbocycles. The third kappa shape index (κ3) is 5.01. The Kier molecular flexibility index (Phi) is 7.29. The summed E-state index contributed by atoms with van der Waals surface area (Å²) in [7, 11) is 3.46. The second-order valence-corrected chi connectivity index (χ2v) is 11.2. The second kappa shape index (κ2) is 11.0. The fraction of sp³-hybridized carbons (Fsp3) is 0.464. The highest BCUT2D eigenvalue weighted by Gasteiger charge is 2.26. The first-order valence-electron chi connectivity index (χ1n) is 13.3. The fourth-order valence-corrected chi connectivity index (χ4v) is 6.70. The number of thiophene rings is 1. The van der Waals surface area contributed by atoms with Crippen LogP contribution in [0.2, 0.25) is 0 Å². The SMILES string of the molecule is COCC(=O)N(C)C1CCN(Cc2cc3nc(-c4cccc5[nH]ccc45)nc(N4CCOCC4)c3s2)CC1. The molecule has 1 N–H and O–H groups in total. The van der Waals surface area contributed by atoms with Crippen molar-refractivity contribution < 1.29 is 14.3 Å². The van der Waals surface area contributed by atoms with E-state index in [9.17, 15) is 4.79 Å². The number of aromatic nitrogens is 3. The van der Waals surface area contributed by atoms with Gasteiger partial charge in [-0.25, -0.2) is 9.97 Å². The van der Waals surface area contributed by atoms with Crippen LogP contribution in [0.25, 0.3) is 32.5 Å². The maximum atomic E-state index is 12.2. The van der Waals surface area contributed by atoms with Gasteiger partial charge in [0.1, 0.15) is 6.61 Å². The number of piperidine rings is 1. The molecule has 0 atom stereocenters. The predicted octanol–water partition coefficient (Wildman–Crippen LogP) is 3.75. The maximum Gasteiger partial charge on any atom is 0.248 e. The van der Waals surface area contributed by atoms with Gasteiger partial charge in [0.15, 0.2) is 11.6 Å². The molecule has 2 aliphatic rings. The number of benzene rings is 1. The molecular weight excluding hydrogens is 500 g/mol. The molecule has 38 heavy (non-hydrogen) atoms. The predicted molar refractivity (Wildman–Crippen MR) is 151 cm³/mol. The molecule has 4 aromatic rings. The minimum Gasteiger partial charge on any atom is -0.378 e. The van der Waals surface area contributed by atoms with E-state index in [1.54, 1.807) is 18.4 Å². The van der Waals surface area contributed by atoms with Gasteiger partial charge < -0.3 is 24.3 Å². The van der Waals surface area contributed by atoms with Gasteiger partial charge in [0.2, 0.25) is 5.91 Å². The van der Waals surface area contributed by atoms with Crippen LogP contribution in [-0.4, -0.2) is 96.9 Å². The highest BCUT2D eigenvalue weighted by Crippen LogP contribution is 2.36. The molecule has 1 amide bonds. The molecule has 5 heterocycles. The monoisotopic (exact) mass is 534 g/mol. The Morgan fingerprint density at radius 2 is 2.00 bits per heavy atom. The van der Waals surface area contributed by atoms with Crippen LogP contribution in [0.1, 0.15) is 17.7 Å². The number of fused-ring (bicyclic) bond motifs is 2. The minimum absolute atomic E-state index is 0.0517. The molecule has 2 fully saturated rings. The van der Waals surface area contributed by atoms with E-state index in [4.69, 9.17) is 19.4 Å². The standard InChI is InChI=1S/C28H34N6O3S/c1-32(25(35)18-36-2)19-7-10-33(11-8-19)17-20-16-24-26(38-20)28(34-12-14-37-15-13-34)31-27(30-24)22-4-3-5-23-21(22)6-9-29-23/h3-6,9,16,19,29H,7-8,10-15,17-18H2,1-2H3. The molecule has 0 unspecified atom stereocenters. The number of likely N-dealkylation sites (tertiary alicyclic amines) is 1. The van der Waals surface area contributed by atoms with Gasteiger partial charge in [-0.05, 0) is 31.0 Å². The number of hydrogen-bond acceptors (Lipinski definition) is 8. The van der Waals surface area contributed by atoms with Crippen molar-refractivity contribution in [2.24, 2.45) is 0 Å². The van der Waals surface area contributed by atoms with Crippen molar-refractivity contribution in [1.82, 2.24) is 24.8 Å². The van der Waals surface area contributed by atoms with Crippen LogP contribution in [0, 0.1) is 0 Å². The number of amides is 1. The Morgan fingerprint density at radius 1 is 1.18 bits per heavy atom. The summed E-state index contributed by atoms with van der Waals surface area (Å²) in [6, 6.07) is 10.8. The molecule has 0 saturated carbocycles. The fourth-order valence-electron chi connectivity index (χ4n) is 5.55. The van der Waals surface area contributed by atoms with E-state index < -0.39 is 0 Å². The number of methoxy groups -OCH3 is 1. The molecule has 0 bridgehead atoms. The number of anilines is 1. The Balaban J connectivity index is 1.27. The molecule has 2 aliphatic heterocycles. The van der Waals surface area contributed by atoms with E-state index in [2.05, 4.69) is 45.1 Å². The Morgan fingerprint density at radius 3 is 2.79 bits per heavy atom. The summed E-state index contributed by atoms with van der Waals surface area (Å²) in [5.74, 6) is 1.82. The molecule has 1 aromatic carbocycles. The van der Waals surface area contributed by atoms with Crippen molar-refractivity contribution in [2.45, 2.75) is 25.4 Å². The van der Waals surface area contributed by atoms with E-state index in [0.717, 1.165) is 83.9 Å². The van der Waals surface area contributed by atoms with E-state index >= 15 is 0 Å². The van der Waals surface area contributed by atoms with Gasteiger partial charge in [0, 0.05) is 80.5 Å². The third-order valence-corrected chi connectivity index (χ3v) is 8.80. The number of carbonyl (C=O) groups excluding carboxylic acids is 1. The van der Waals surface area contributed by atoms with Gasteiger partial charge >= 0.3 is 0 Å². The zero-order valence-corrected chi connectivity index (χ0v) is 22.8. The summed E-state index contributed by atoms with van der Waals surface area (Å²) in [6.45, 7) is 6.04. The lowest BCUT2D eigenvalue weighted by atomic mass is 10.0. The van der Waals surface area contributed by atoms with Gasteiger partial charge in [-0.2, -0.15) is 0 Å². The van der Waals surface area contributed by atoms with Crippen LogP contribution in [-0.2, 0) is 20.8 Å². The number of morpholine rings is 1. The number of ether oxygens (including phenoxy) is 2. The van der Waals surface area contributed by atoms with Crippen LogP contribution < -0.4 is 4.90 Å². The number of nitrogens with one attached hydrogen (secondary N) is 1. The van der Waals surface area contributed by atoms with Gasteiger partial charge in [-0.15, -0.1) is 11.3 Å². The van der Waals surface area contributed by atoms with Crippen molar-refractivity contribution in [3.63, 3.8) is 0 Å². The average molecular weight is 535 g/mol. The number of rotatable bonds is 7. The molecule has 2 saturated heterocycles. The van der Waals surface area contributed by atoms with Crippen LogP contribution >= 0.6 is 11.3 Å². The van der Waals surface area contributed by atoms with E-state index in [1.165, 1.54) is 4.88 Å². The van der Waals surface area contributed by atoms with Gasteiger partial charge in [-0.3, -0.25) is 9.69 Å². The lowest BCUT2D eigenvalue weighted by Gasteiger charge is -2.36. The van der Waals surface area contributed by atoms with Crippen molar-refractivity contribution in [1.29, 1.82) is 0 Å². The van der Waals surface area contributed by atoms with Crippen molar-refractivity contribution >= 4 is 44.2 Å². The summed E-state index contributed by atoms with van der Waals surface area (Å²) in [5, 5.41) is 1.13. The summed E-state index contributed by atoms with van der Waals surface area (Å²) in [4.78, 5) is 33.7. The first-order valence-corrected chi connectivity index (χ1v) is 14.1. The number of nitrogens with zero attached hydrogens (tertiary/aromatic N) is 5. The largest absolute Gasteiger partial charge is 0.378 e. The van der Waals surface area contributed by atoms with Crippen molar-refractivity contribution in [2.75, 3.05) is 65.1 Å². The quantitative estimate of drug-likeness (QED) is 0.387. The topological polar surface area (TPSA) is 86.8 Å². The Hall–Kier alpha value is -3.05. The molecule has 0 radical (unpaired) electrons. The highest BCUT2D eigenvalue weighted by molar-refractivity contribution is 7.19. The molecule has 200 valence electrons. The minimum atomic E-state index is 0.0517. The van der Waals surface area contributed by atoms with Gasteiger partial charge in [-0.1, -0.05) is 12.1 Å². The molecule has 6 rings (SSSR count). The molecule has 10 heteroatoms. The number of aromatic amines is 1. The van der Waals surface area contributed by atoms with Crippen LogP contribution in [0.5, 0.6) is 0 Å². The zero-order valence-electron chi connectivity index (χ0n) is 22.0. The molecule has 9 nitrogen and oxygen atoms in total. The maximum absolute atomic E-state index is 12.2. The smallest absolute Gasteiger partial charge is 0.248 e. The number of likely N-dealkylation sites (N-methyl/N-ethyl adjacent to an activating group) is 1. The van der Waals surface area contributed by atoms with Crippen LogP contribution in [0.4, 0.5) is 5.82 Å². The van der Waals surface area contributed by atoms with Crippen LogP contribution in [0.3, 0.4) is 0 Å². The summed E-state index contributed by atoms with van der Waals surface area (Å²) < 4.78 is 11.8. The highest BCUT2D eigenvalue weighted by atomic mass is 32.1. The van der Waals surface area contributed by atoms with Crippen molar-refractivity contribution in [3.8, 4) is 11.4 Å². The van der Waals surface area contributed by atoms with Gasteiger partial charge in [0.05, 0.1) is 23.4 Å². The lowest BCUT2D eigenvalue weighted by Crippen LogP contribution is -2.46. The Labute approximate surface area is 226 Å². The lowest BCUT2D eigenvalue weighted by molar-refractivity contribution is -0.136. The van der Waals surface area contributed by atoms with E-state index in [-0.39, 0.29) is 18.6 Å². The Bertz CT molecular complexity index is 1420. The summed E-state index contributed by atoms with van der Waals surface area (Å²) in [5.41, 5.74) is 3.13. The van der Waals surface area contributed by atoms with Gasteiger partial charge in [0.25, 0.3) is 0 Å². The third-order valence-electron chi connectivity index (χ3n) is 7.70. The zero-order chi connectivity index (χ0) is 26.1. The summed E-state index contributed by atoms with van der Waals surface area (Å²) in [6.07, 6.45) is 3.91. The molecule has 3 aromatic heterocycles. The van der Waals surface area contributed by atoms with E-state index in [1.807, 2.05) is 18.1 Å². The second-order valence-electron chi connectivity index (χ2n) is 10.1. The average Bonchev–Trinajstić information content (AvgIpc) is 3.60. The first-order chi connectivity index (χ1) is 18.6. The number of hydrogen-bond donors (Lipinski definition) is 1. The number of carbonyl (C=O) groups is 1. The summed E-state index contributed by atoms with van der Waals surface area (Å²) >= 11 is 1.80.